The summed E-state index contributed by atoms with van der Waals surface area (Å²) in [6.45, 7) is 2.91. The Morgan fingerprint density at radius 1 is 1.12 bits per heavy atom. The first-order valence-corrected chi connectivity index (χ1v) is 8.64. The summed E-state index contributed by atoms with van der Waals surface area (Å²) in [4.78, 5) is 27.9. The number of piperidine rings is 1. The summed E-state index contributed by atoms with van der Waals surface area (Å²) in [6, 6.07) is 7.66. The van der Waals surface area contributed by atoms with Crippen LogP contribution in [0, 0.1) is 0 Å². The van der Waals surface area contributed by atoms with Crippen LogP contribution in [0.4, 0.5) is 11.4 Å². The largest absolute Gasteiger partial charge is 0.383 e. The van der Waals surface area contributed by atoms with E-state index in [1.807, 2.05) is 12.1 Å². The van der Waals surface area contributed by atoms with Crippen molar-refractivity contribution >= 4 is 23.2 Å². The highest BCUT2D eigenvalue weighted by Crippen LogP contribution is 2.23. The molecule has 0 bridgehead atoms. The van der Waals surface area contributed by atoms with Crippen LogP contribution in [0.5, 0.6) is 0 Å². The number of carbonyl (C=O) groups excluding carboxylic acids is 2. The van der Waals surface area contributed by atoms with E-state index in [9.17, 15) is 9.59 Å². The van der Waals surface area contributed by atoms with Crippen LogP contribution in [0.1, 0.15) is 25.7 Å². The number of amides is 2. The molecule has 1 N–H and O–H groups in total. The fourth-order valence-corrected chi connectivity index (χ4v) is 3.34. The molecule has 2 saturated heterocycles. The lowest BCUT2D eigenvalue weighted by Crippen LogP contribution is -2.36. The number of carbonyl (C=O) groups is 2. The summed E-state index contributed by atoms with van der Waals surface area (Å²) in [5.74, 6) is -0.309. The number of benzene rings is 1. The third kappa shape index (κ3) is 3.70. The Balaban J connectivity index is 1.59. The van der Waals surface area contributed by atoms with E-state index in [-0.39, 0.29) is 18.2 Å². The molecule has 6 nitrogen and oxygen atoms in total. The van der Waals surface area contributed by atoms with Gasteiger partial charge in [0, 0.05) is 31.6 Å². The predicted octanol–water partition coefficient (Wildman–Crippen LogP) is 1.86. The van der Waals surface area contributed by atoms with E-state index in [1.54, 1.807) is 7.11 Å². The highest BCUT2D eigenvalue weighted by Gasteiger charge is 2.38. The number of likely N-dealkylation sites (tertiary alicyclic amines) is 1. The molecular weight excluding hydrogens is 306 g/mol. The van der Waals surface area contributed by atoms with Crippen LogP contribution in [0.3, 0.4) is 0 Å². The van der Waals surface area contributed by atoms with Crippen molar-refractivity contribution in [2.45, 2.75) is 31.7 Å². The minimum absolute atomic E-state index is 0.139. The molecule has 0 unspecified atom stereocenters. The van der Waals surface area contributed by atoms with Crippen LogP contribution in [0.15, 0.2) is 24.3 Å². The molecule has 0 saturated carbocycles. The van der Waals surface area contributed by atoms with Crippen molar-refractivity contribution in [2.75, 3.05) is 43.6 Å². The number of methoxy groups -OCH3 is 1. The Kier molecular flexibility index (Phi) is 5.35. The van der Waals surface area contributed by atoms with Gasteiger partial charge in [0.05, 0.1) is 19.6 Å². The van der Waals surface area contributed by atoms with Crippen molar-refractivity contribution in [3.63, 3.8) is 0 Å². The monoisotopic (exact) mass is 331 g/mol. The van der Waals surface area contributed by atoms with Gasteiger partial charge in [-0.25, -0.2) is 0 Å². The van der Waals surface area contributed by atoms with E-state index in [1.165, 1.54) is 29.8 Å². The molecule has 0 spiro atoms. The Morgan fingerprint density at radius 2 is 1.83 bits per heavy atom. The lowest BCUT2D eigenvalue weighted by atomic mass is 10.1. The average Bonchev–Trinajstić information content (AvgIpc) is 2.88. The van der Waals surface area contributed by atoms with Crippen LogP contribution in [0.2, 0.25) is 0 Å². The maximum Gasteiger partial charge on any atom is 0.252 e. The number of anilines is 2. The summed E-state index contributed by atoms with van der Waals surface area (Å²) in [5, 5.41) is 3.19. The maximum atomic E-state index is 12.3. The minimum Gasteiger partial charge on any atom is -0.383 e. The van der Waals surface area contributed by atoms with Crippen LogP contribution in [0.25, 0.3) is 0 Å². The lowest BCUT2D eigenvalue weighted by Gasteiger charge is -2.29. The van der Waals surface area contributed by atoms with Crippen molar-refractivity contribution in [1.29, 1.82) is 0 Å². The molecule has 1 aromatic rings. The van der Waals surface area contributed by atoms with E-state index in [0.717, 1.165) is 18.8 Å². The summed E-state index contributed by atoms with van der Waals surface area (Å²) >= 11 is 0. The van der Waals surface area contributed by atoms with Crippen molar-refractivity contribution in [1.82, 2.24) is 4.90 Å². The summed E-state index contributed by atoms with van der Waals surface area (Å²) in [6.07, 6.45) is 4.01. The van der Waals surface area contributed by atoms with E-state index in [4.69, 9.17) is 4.74 Å². The molecule has 1 aromatic carbocycles. The molecule has 2 heterocycles. The number of nitrogens with zero attached hydrogens (tertiary/aromatic N) is 2. The van der Waals surface area contributed by atoms with Crippen molar-refractivity contribution in [3.05, 3.63) is 24.3 Å². The molecule has 6 heteroatoms. The molecule has 0 aliphatic carbocycles. The molecule has 0 radical (unpaired) electrons. The van der Waals surface area contributed by atoms with Gasteiger partial charge in [0.25, 0.3) is 5.91 Å². The van der Waals surface area contributed by atoms with Gasteiger partial charge in [-0.05, 0) is 43.5 Å². The van der Waals surface area contributed by atoms with Gasteiger partial charge in [-0.15, -0.1) is 0 Å². The molecule has 130 valence electrons. The average molecular weight is 331 g/mol. The van der Waals surface area contributed by atoms with E-state index in [2.05, 4.69) is 22.3 Å². The molecule has 2 aliphatic heterocycles. The summed E-state index contributed by atoms with van der Waals surface area (Å²) in [7, 11) is 1.56. The lowest BCUT2D eigenvalue weighted by molar-refractivity contribution is -0.139. The Bertz CT molecular complexity index is 582. The Morgan fingerprint density at radius 3 is 2.50 bits per heavy atom. The zero-order chi connectivity index (χ0) is 16.9. The molecule has 0 aromatic heterocycles. The number of hydrogen-bond acceptors (Lipinski definition) is 5. The minimum atomic E-state index is -0.477. The number of nitrogens with one attached hydrogen (secondary N) is 1. The van der Waals surface area contributed by atoms with Crippen LogP contribution < -0.4 is 10.2 Å². The van der Waals surface area contributed by atoms with Gasteiger partial charge >= 0.3 is 0 Å². The van der Waals surface area contributed by atoms with Gasteiger partial charge in [-0.3, -0.25) is 14.5 Å². The fraction of sp³-hybridized carbons (Fsp3) is 0.556. The van der Waals surface area contributed by atoms with Gasteiger partial charge in [0.15, 0.2) is 0 Å². The highest BCUT2D eigenvalue weighted by atomic mass is 16.5. The smallest absolute Gasteiger partial charge is 0.252 e. The Labute approximate surface area is 142 Å². The van der Waals surface area contributed by atoms with E-state index >= 15 is 0 Å². The highest BCUT2D eigenvalue weighted by molar-refractivity contribution is 6.06. The second-order valence-corrected chi connectivity index (χ2v) is 6.37. The molecular formula is C18H25N3O3. The normalized spacial score (nSPS) is 21.5. The second-order valence-electron chi connectivity index (χ2n) is 6.37. The first-order valence-electron chi connectivity index (χ1n) is 8.64. The van der Waals surface area contributed by atoms with E-state index < -0.39 is 6.04 Å². The number of rotatable bonds is 6. The number of hydrogen-bond donors (Lipinski definition) is 1. The summed E-state index contributed by atoms with van der Waals surface area (Å²) in [5.41, 5.74) is 2.09. The molecule has 2 fully saturated rings. The molecule has 2 amide bonds. The second kappa shape index (κ2) is 7.66. The van der Waals surface area contributed by atoms with Gasteiger partial charge in [0.2, 0.25) is 5.91 Å². The standard InChI is InChI=1S/C18H25N3O3/c1-24-12-11-21-17(22)13-16(18(21)23)19-14-5-7-15(8-6-14)20-9-3-2-4-10-20/h5-8,16,19H,2-4,9-13H2,1H3/t16-/m1/s1. The molecule has 2 aliphatic rings. The zero-order valence-corrected chi connectivity index (χ0v) is 14.2. The van der Waals surface area contributed by atoms with Crippen molar-refractivity contribution in [2.24, 2.45) is 0 Å². The Hall–Kier alpha value is -2.08. The maximum absolute atomic E-state index is 12.3. The van der Waals surface area contributed by atoms with Crippen molar-refractivity contribution < 1.29 is 14.3 Å². The first kappa shape index (κ1) is 16.8. The van der Waals surface area contributed by atoms with Crippen molar-refractivity contribution in [3.8, 4) is 0 Å². The third-order valence-electron chi connectivity index (χ3n) is 4.69. The quantitative estimate of drug-likeness (QED) is 0.806. The molecule has 1 atom stereocenters. The SMILES string of the molecule is COCCN1C(=O)C[C@@H](Nc2ccc(N3CCCCC3)cc2)C1=O. The zero-order valence-electron chi connectivity index (χ0n) is 14.2. The van der Waals surface area contributed by atoms with Gasteiger partial charge in [-0.2, -0.15) is 0 Å². The number of ether oxygens (including phenoxy) is 1. The van der Waals surface area contributed by atoms with E-state index in [0.29, 0.717) is 13.2 Å². The van der Waals surface area contributed by atoms with Gasteiger partial charge in [0.1, 0.15) is 6.04 Å². The third-order valence-corrected chi connectivity index (χ3v) is 4.69. The fourth-order valence-electron chi connectivity index (χ4n) is 3.34. The predicted molar refractivity (Wildman–Crippen MR) is 93.1 cm³/mol. The number of imide groups is 1. The van der Waals surface area contributed by atoms with Gasteiger partial charge in [-0.1, -0.05) is 0 Å². The topological polar surface area (TPSA) is 61.9 Å². The van der Waals surface area contributed by atoms with Gasteiger partial charge < -0.3 is 15.0 Å². The molecule has 24 heavy (non-hydrogen) atoms. The van der Waals surface area contributed by atoms with Crippen LogP contribution >= 0.6 is 0 Å². The molecule has 3 rings (SSSR count). The summed E-state index contributed by atoms with van der Waals surface area (Å²) < 4.78 is 4.95. The van der Waals surface area contributed by atoms with Crippen LogP contribution in [-0.4, -0.2) is 56.1 Å². The van der Waals surface area contributed by atoms with Crippen LogP contribution in [-0.2, 0) is 14.3 Å². The first-order chi connectivity index (χ1) is 11.7.